The first kappa shape index (κ1) is 13.3. The molecule has 1 fully saturated rings. The van der Waals surface area contributed by atoms with E-state index in [0.717, 1.165) is 18.0 Å². The third-order valence-electron chi connectivity index (χ3n) is 3.97. The van der Waals surface area contributed by atoms with Crippen molar-refractivity contribution in [3.05, 3.63) is 24.3 Å². The second kappa shape index (κ2) is 5.35. The summed E-state index contributed by atoms with van der Waals surface area (Å²) >= 11 is 0. The quantitative estimate of drug-likeness (QED) is 0.917. The van der Waals surface area contributed by atoms with Crippen molar-refractivity contribution in [2.24, 2.45) is 5.92 Å². The van der Waals surface area contributed by atoms with Crippen molar-refractivity contribution in [1.82, 2.24) is 4.90 Å². The highest BCUT2D eigenvalue weighted by Crippen LogP contribution is 2.32. The summed E-state index contributed by atoms with van der Waals surface area (Å²) in [6.07, 6.45) is 2.10. The summed E-state index contributed by atoms with van der Waals surface area (Å²) < 4.78 is 5.87. The number of para-hydroxylation sites is 2. The number of hydrogen-bond acceptors (Lipinski definition) is 3. The minimum absolute atomic E-state index is 0.105. The van der Waals surface area contributed by atoms with Crippen LogP contribution in [-0.4, -0.2) is 36.0 Å². The fraction of sp³-hybridized carbons (Fsp3) is 0.562. The van der Waals surface area contributed by atoms with Gasteiger partial charge in [0.05, 0.1) is 12.2 Å². The number of benzene rings is 1. The number of ether oxygens (including phenoxy) is 1. The smallest absolute Gasteiger partial charge is 0.265 e. The molecule has 0 aromatic heterocycles. The van der Waals surface area contributed by atoms with Gasteiger partial charge >= 0.3 is 0 Å². The predicted octanol–water partition coefficient (Wildman–Crippen LogP) is 2.51. The number of carbonyl (C=O) groups is 1. The molecule has 1 aliphatic heterocycles. The number of nitrogens with zero attached hydrogens (tertiary/aromatic N) is 1. The van der Waals surface area contributed by atoms with E-state index in [0.29, 0.717) is 12.5 Å². The third kappa shape index (κ3) is 2.74. The van der Waals surface area contributed by atoms with Crippen molar-refractivity contribution in [3.63, 3.8) is 0 Å². The molecule has 3 rings (SSSR count). The van der Waals surface area contributed by atoms with Gasteiger partial charge in [0, 0.05) is 12.6 Å². The minimum Gasteiger partial charge on any atom is -0.477 e. The average Bonchev–Trinajstić information content (AvgIpc) is 3.27. The number of amides is 1. The SMILES string of the molecule is CC(C)N(CC1CC1)C(=O)C1CNc2ccccc2O1. The first-order valence-corrected chi connectivity index (χ1v) is 7.45. The van der Waals surface area contributed by atoms with E-state index < -0.39 is 6.10 Å². The summed E-state index contributed by atoms with van der Waals surface area (Å²) in [5.41, 5.74) is 0.967. The molecule has 0 spiro atoms. The molecule has 1 amide bonds. The predicted molar refractivity (Wildman–Crippen MR) is 78.9 cm³/mol. The van der Waals surface area contributed by atoms with Crippen LogP contribution >= 0.6 is 0 Å². The zero-order valence-corrected chi connectivity index (χ0v) is 12.1. The van der Waals surface area contributed by atoms with Crippen LogP contribution in [0, 0.1) is 5.92 Å². The first-order chi connectivity index (χ1) is 9.65. The number of hydrogen-bond donors (Lipinski definition) is 1. The van der Waals surface area contributed by atoms with Crippen molar-refractivity contribution in [2.75, 3.05) is 18.4 Å². The lowest BCUT2D eigenvalue weighted by Crippen LogP contribution is -2.50. The normalized spacial score (nSPS) is 20.9. The summed E-state index contributed by atoms with van der Waals surface area (Å²) in [5.74, 6) is 1.58. The van der Waals surface area contributed by atoms with Gasteiger partial charge in [-0.05, 0) is 44.7 Å². The van der Waals surface area contributed by atoms with Gasteiger partial charge < -0.3 is 15.0 Å². The molecule has 1 saturated carbocycles. The Hall–Kier alpha value is -1.71. The van der Waals surface area contributed by atoms with Gasteiger partial charge in [-0.3, -0.25) is 4.79 Å². The molecule has 1 N–H and O–H groups in total. The Morgan fingerprint density at radius 2 is 2.15 bits per heavy atom. The van der Waals surface area contributed by atoms with E-state index in [2.05, 4.69) is 19.2 Å². The molecule has 4 heteroatoms. The molecule has 1 heterocycles. The summed E-state index contributed by atoms with van der Waals surface area (Å²) in [7, 11) is 0. The Morgan fingerprint density at radius 3 is 2.85 bits per heavy atom. The lowest BCUT2D eigenvalue weighted by molar-refractivity contribution is -0.140. The van der Waals surface area contributed by atoms with Crippen LogP contribution < -0.4 is 10.1 Å². The van der Waals surface area contributed by atoms with E-state index in [1.54, 1.807) is 0 Å². The van der Waals surface area contributed by atoms with Crippen LogP contribution in [0.2, 0.25) is 0 Å². The van der Waals surface area contributed by atoms with E-state index in [1.807, 2.05) is 29.2 Å². The van der Waals surface area contributed by atoms with Crippen LogP contribution in [0.1, 0.15) is 26.7 Å². The Bertz CT molecular complexity index is 497. The number of anilines is 1. The number of carbonyl (C=O) groups excluding carboxylic acids is 1. The van der Waals surface area contributed by atoms with Crippen LogP contribution in [0.25, 0.3) is 0 Å². The Balaban J connectivity index is 1.70. The Labute approximate surface area is 120 Å². The maximum absolute atomic E-state index is 12.7. The molecule has 1 aromatic rings. The molecule has 20 heavy (non-hydrogen) atoms. The lowest BCUT2D eigenvalue weighted by atomic mass is 10.1. The number of rotatable bonds is 4. The fourth-order valence-corrected chi connectivity index (χ4v) is 2.57. The van der Waals surface area contributed by atoms with Crippen molar-refractivity contribution >= 4 is 11.6 Å². The monoisotopic (exact) mass is 274 g/mol. The number of fused-ring (bicyclic) bond motifs is 1. The minimum atomic E-state index is -0.411. The van der Waals surface area contributed by atoms with Crippen LogP contribution in [-0.2, 0) is 4.79 Å². The van der Waals surface area contributed by atoms with Crippen LogP contribution in [0.15, 0.2) is 24.3 Å². The molecular weight excluding hydrogens is 252 g/mol. The van der Waals surface area contributed by atoms with Gasteiger partial charge in [0.2, 0.25) is 0 Å². The van der Waals surface area contributed by atoms with E-state index in [9.17, 15) is 4.79 Å². The van der Waals surface area contributed by atoms with Crippen molar-refractivity contribution in [1.29, 1.82) is 0 Å². The Kier molecular flexibility index (Phi) is 3.55. The van der Waals surface area contributed by atoms with Crippen LogP contribution in [0.4, 0.5) is 5.69 Å². The molecule has 1 aromatic carbocycles. The summed E-state index contributed by atoms with van der Waals surface area (Å²) in [6, 6.07) is 8.00. The maximum Gasteiger partial charge on any atom is 0.265 e. The molecule has 0 bridgehead atoms. The summed E-state index contributed by atoms with van der Waals surface area (Å²) in [4.78, 5) is 14.6. The zero-order valence-electron chi connectivity index (χ0n) is 12.1. The molecule has 2 aliphatic rings. The third-order valence-corrected chi connectivity index (χ3v) is 3.97. The molecule has 1 unspecified atom stereocenters. The lowest BCUT2D eigenvalue weighted by Gasteiger charge is -2.33. The second-order valence-corrected chi connectivity index (χ2v) is 6.01. The molecule has 4 nitrogen and oxygen atoms in total. The second-order valence-electron chi connectivity index (χ2n) is 6.01. The summed E-state index contributed by atoms with van der Waals surface area (Å²) in [6.45, 7) is 5.57. The highest BCUT2D eigenvalue weighted by atomic mass is 16.5. The van der Waals surface area contributed by atoms with E-state index in [-0.39, 0.29) is 11.9 Å². The van der Waals surface area contributed by atoms with E-state index in [1.165, 1.54) is 12.8 Å². The molecule has 0 saturated heterocycles. The molecule has 0 radical (unpaired) electrons. The molecule has 108 valence electrons. The van der Waals surface area contributed by atoms with Gasteiger partial charge in [0.25, 0.3) is 5.91 Å². The van der Waals surface area contributed by atoms with Crippen molar-refractivity contribution in [3.8, 4) is 5.75 Å². The topological polar surface area (TPSA) is 41.6 Å². The van der Waals surface area contributed by atoms with Gasteiger partial charge in [-0.15, -0.1) is 0 Å². The highest BCUT2D eigenvalue weighted by Gasteiger charge is 2.34. The van der Waals surface area contributed by atoms with E-state index >= 15 is 0 Å². The molecular formula is C16H22N2O2. The van der Waals surface area contributed by atoms with Gasteiger partial charge in [0.1, 0.15) is 5.75 Å². The highest BCUT2D eigenvalue weighted by molar-refractivity contribution is 5.83. The van der Waals surface area contributed by atoms with Crippen molar-refractivity contribution in [2.45, 2.75) is 38.8 Å². The first-order valence-electron chi connectivity index (χ1n) is 7.45. The average molecular weight is 274 g/mol. The van der Waals surface area contributed by atoms with Crippen molar-refractivity contribution < 1.29 is 9.53 Å². The van der Waals surface area contributed by atoms with Crippen LogP contribution in [0.5, 0.6) is 5.75 Å². The zero-order chi connectivity index (χ0) is 14.1. The maximum atomic E-state index is 12.7. The fourth-order valence-electron chi connectivity index (χ4n) is 2.57. The molecule has 1 aliphatic carbocycles. The van der Waals surface area contributed by atoms with E-state index in [4.69, 9.17) is 4.74 Å². The Morgan fingerprint density at radius 1 is 1.40 bits per heavy atom. The molecule has 1 atom stereocenters. The van der Waals surface area contributed by atoms with Gasteiger partial charge in [-0.2, -0.15) is 0 Å². The summed E-state index contributed by atoms with van der Waals surface area (Å²) in [5, 5.41) is 3.28. The van der Waals surface area contributed by atoms with Gasteiger partial charge in [0.15, 0.2) is 6.10 Å². The standard InChI is InChI=1S/C16H22N2O2/c1-11(2)18(10-12-7-8-12)16(19)15-9-17-13-5-3-4-6-14(13)20-15/h3-6,11-12,15,17H,7-10H2,1-2H3. The largest absolute Gasteiger partial charge is 0.477 e. The van der Waals surface area contributed by atoms with Gasteiger partial charge in [-0.1, -0.05) is 12.1 Å². The number of nitrogens with one attached hydrogen (secondary N) is 1. The van der Waals surface area contributed by atoms with Crippen LogP contribution in [0.3, 0.4) is 0 Å². The van der Waals surface area contributed by atoms with Gasteiger partial charge in [-0.25, -0.2) is 0 Å².